The van der Waals surface area contributed by atoms with Crippen molar-refractivity contribution >= 4 is 16.3 Å². The fraction of sp³-hybridized carbons (Fsp3) is 0.889. The van der Waals surface area contributed by atoms with E-state index < -0.39 is 34.1 Å². The minimum absolute atomic E-state index is 0.326. The van der Waals surface area contributed by atoms with E-state index in [1.165, 1.54) is 6.92 Å². The van der Waals surface area contributed by atoms with Crippen LogP contribution < -0.4 is 0 Å². The number of ether oxygens (including phenoxy) is 2. The summed E-state index contributed by atoms with van der Waals surface area (Å²) in [6, 6.07) is 0. The third-order valence-corrected chi connectivity index (χ3v) is 3.16. The van der Waals surface area contributed by atoms with Gasteiger partial charge >= 0.3 is 6.16 Å². The van der Waals surface area contributed by atoms with Crippen LogP contribution in [-0.4, -0.2) is 38.1 Å². The fourth-order valence-electron chi connectivity index (χ4n) is 1.20. The highest BCUT2D eigenvalue weighted by Crippen LogP contribution is 2.20. The van der Waals surface area contributed by atoms with Gasteiger partial charge in [-0.1, -0.05) is 0 Å². The quantitative estimate of drug-likeness (QED) is 0.513. The Morgan fingerprint density at radius 3 is 2.31 bits per heavy atom. The van der Waals surface area contributed by atoms with Crippen LogP contribution in [0.3, 0.4) is 0 Å². The largest absolute Gasteiger partial charge is 0.509 e. The molecule has 16 heavy (non-hydrogen) atoms. The molecule has 0 N–H and O–H groups in total. The van der Waals surface area contributed by atoms with E-state index in [1.807, 2.05) is 0 Å². The van der Waals surface area contributed by atoms with Gasteiger partial charge in [0.1, 0.15) is 23.6 Å². The highest BCUT2D eigenvalue weighted by Gasteiger charge is 2.39. The van der Waals surface area contributed by atoms with Gasteiger partial charge in [0.2, 0.25) is 0 Å². The second-order valence-corrected chi connectivity index (χ2v) is 6.29. The third-order valence-electron chi connectivity index (χ3n) is 1.83. The van der Waals surface area contributed by atoms with Crippen LogP contribution in [-0.2, 0) is 23.8 Å². The summed E-state index contributed by atoms with van der Waals surface area (Å²) in [6.45, 7) is 6.61. The molecule has 1 aliphatic heterocycles. The van der Waals surface area contributed by atoms with Crippen LogP contribution in [0, 0.1) is 0 Å². The molecule has 0 radical (unpaired) electrons. The Morgan fingerprint density at radius 1 is 1.38 bits per heavy atom. The molecule has 2 unspecified atom stereocenters. The maximum atomic E-state index is 11.3. The van der Waals surface area contributed by atoms with E-state index >= 15 is 0 Å². The van der Waals surface area contributed by atoms with Gasteiger partial charge < -0.3 is 9.47 Å². The smallest absolute Gasteiger partial charge is 0.429 e. The molecule has 0 aromatic heterocycles. The molecule has 0 aromatic carbocycles. The lowest BCUT2D eigenvalue weighted by Crippen LogP contribution is -2.31. The summed E-state index contributed by atoms with van der Waals surface area (Å²) in [5.41, 5.74) is -0.668. The van der Waals surface area contributed by atoms with Gasteiger partial charge in [-0.2, -0.15) is 8.42 Å². The Morgan fingerprint density at radius 2 is 1.94 bits per heavy atom. The molecule has 7 heteroatoms. The zero-order chi connectivity index (χ0) is 12.6. The topological polar surface area (TPSA) is 78.9 Å². The van der Waals surface area contributed by atoms with Gasteiger partial charge in [-0.3, -0.25) is 4.18 Å². The van der Waals surface area contributed by atoms with Crippen molar-refractivity contribution in [3.05, 3.63) is 0 Å². The summed E-state index contributed by atoms with van der Waals surface area (Å²) in [5, 5.41) is 0. The van der Waals surface area contributed by atoms with Gasteiger partial charge in [0.05, 0.1) is 0 Å². The number of hydrogen-bond acceptors (Lipinski definition) is 6. The Hall–Kier alpha value is -0.820. The first-order valence-corrected chi connectivity index (χ1v) is 6.47. The van der Waals surface area contributed by atoms with Crippen molar-refractivity contribution in [1.29, 1.82) is 0 Å². The van der Waals surface area contributed by atoms with Gasteiger partial charge in [-0.05, 0) is 27.7 Å². The van der Waals surface area contributed by atoms with Crippen molar-refractivity contribution in [2.45, 2.75) is 45.5 Å². The van der Waals surface area contributed by atoms with Crippen LogP contribution >= 0.6 is 0 Å². The summed E-state index contributed by atoms with van der Waals surface area (Å²) < 4.78 is 36.5. The zero-order valence-electron chi connectivity index (χ0n) is 9.72. The maximum absolute atomic E-state index is 11.3. The molecule has 0 saturated carbocycles. The number of rotatable bonds is 1. The lowest BCUT2D eigenvalue weighted by Gasteiger charge is -2.21. The zero-order valence-corrected chi connectivity index (χ0v) is 10.5. The van der Waals surface area contributed by atoms with Crippen LogP contribution in [0.5, 0.6) is 0 Å². The van der Waals surface area contributed by atoms with Crippen molar-refractivity contribution in [3.8, 4) is 0 Å². The summed E-state index contributed by atoms with van der Waals surface area (Å²) in [6.07, 6.45) is -2.36. The molecule has 0 bridgehead atoms. The second-order valence-electron chi connectivity index (χ2n) is 4.65. The van der Waals surface area contributed by atoms with E-state index in [4.69, 9.17) is 9.47 Å². The van der Waals surface area contributed by atoms with Crippen molar-refractivity contribution in [1.82, 2.24) is 0 Å². The normalized spacial score (nSPS) is 28.8. The number of hydrogen-bond donors (Lipinski definition) is 0. The fourth-order valence-corrected chi connectivity index (χ4v) is 2.60. The van der Waals surface area contributed by atoms with Gasteiger partial charge in [0, 0.05) is 0 Å². The summed E-state index contributed by atoms with van der Waals surface area (Å²) in [7, 11) is -3.57. The van der Waals surface area contributed by atoms with Crippen LogP contribution in [0.15, 0.2) is 0 Å². The molecule has 1 heterocycles. The molecule has 1 aliphatic rings. The second kappa shape index (κ2) is 4.21. The Bertz CT molecular complexity index is 366. The molecule has 0 spiro atoms. The molecule has 2 atom stereocenters. The molecule has 0 aromatic rings. The lowest BCUT2D eigenvalue weighted by atomic mass is 10.2. The van der Waals surface area contributed by atoms with Gasteiger partial charge in [0.15, 0.2) is 0 Å². The minimum atomic E-state index is -3.57. The van der Waals surface area contributed by atoms with Crippen molar-refractivity contribution < 1.29 is 26.9 Å². The molecular weight excluding hydrogens is 236 g/mol. The minimum Gasteiger partial charge on any atom is -0.429 e. The van der Waals surface area contributed by atoms with Crippen molar-refractivity contribution in [2.24, 2.45) is 0 Å². The van der Waals surface area contributed by atoms with Crippen LogP contribution in [0.25, 0.3) is 0 Å². The van der Waals surface area contributed by atoms with E-state index in [2.05, 4.69) is 4.18 Å². The van der Waals surface area contributed by atoms with Gasteiger partial charge in [-0.15, -0.1) is 0 Å². The Kier molecular flexibility index (Phi) is 3.49. The van der Waals surface area contributed by atoms with Gasteiger partial charge in [-0.25, -0.2) is 4.79 Å². The average molecular weight is 252 g/mol. The van der Waals surface area contributed by atoms with E-state index in [-0.39, 0.29) is 5.75 Å². The maximum Gasteiger partial charge on any atom is 0.509 e. The average Bonchev–Trinajstić information content (AvgIpc) is 2.19. The molecule has 1 fully saturated rings. The Labute approximate surface area is 95.0 Å². The Balaban J connectivity index is 2.53. The monoisotopic (exact) mass is 252 g/mol. The molecule has 1 rings (SSSR count). The lowest BCUT2D eigenvalue weighted by molar-refractivity contribution is -0.0361. The highest BCUT2D eigenvalue weighted by atomic mass is 32.2. The predicted molar refractivity (Wildman–Crippen MR) is 55.4 cm³/mol. The first-order chi connectivity index (χ1) is 7.09. The summed E-state index contributed by atoms with van der Waals surface area (Å²) in [4.78, 5) is 11.3. The third kappa shape index (κ3) is 3.97. The number of carbonyl (C=O) groups is 1. The molecule has 1 saturated heterocycles. The van der Waals surface area contributed by atoms with Crippen molar-refractivity contribution in [3.63, 3.8) is 0 Å². The van der Waals surface area contributed by atoms with E-state index in [0.717, 1.165) is 0 Å². The van der Waals surface area contributed by atoms with E-state index in [9.17, 15) is 13.2 Å². The summed E-state index contributed by atoms with van der Waals surface area (Å²) >= 11 is 0. The molecule has 0 amide bonds. The van der Waals surface area contributed by atoms with E-state index in [1.54, 1.807) is 20.8 Å². The predicted octanol–water partition coefficient (Wildman–Crippen LogP) is 1.06. The van der Waals surface area contributed by atoms with Crippen LogP contribution in [0.2, 0.25) is 0 Å². The first kappa shape index (κ1) is 13.2. The highest BCUT2D eigenvalue weighted by molar-refractivity contribution is 7.87. The SMILES string of the molecule is CC1OS(=O)(=O)CC1OC(=O)OC(C)(C)C. The molecule has 6 nitrogen and oxygen atoms in total. The van der Waals surface area contributed by atoms with Gasteiger partial charge in [0.25, 0.3) is 10.1 Å². The molecule has 94 valence electrons. The summed E-state index contributed by atoms with van der Waals surface area (Å²) in [5.74, 6) is -0.326. The molecular formula is C9H16O6S. The van der Waals surface area contributed by atoms with Crippen LogP contribution in [0.1, 0.15) is 27.7 Å². The first-order valence-electron chi connectivity index (χ1n) is 4.90. The molecule has 0 aliphatic carbocycles. The van der Waals surface area contributed by atoms with Crippen molar-refractivity contribution in [2.75, 3.05) is 5.75 Å². The standard InChI is InChI=1S/C9H16O6S/c1-6-7(5-16(11,12)15-6)13-8(10)14-9(2,3)4/h6-7H,5H2,1-4H3. The van der Waals surface area contributed by atoms with Crippen LogP contribution in [0.4, 0.5) is 4.79 Å². The van der Waals surface area contributed by atoms with E-state index in [0.29, 0.717) is 0 Å². The number of carbonyl (C=O) groups excluding carboxylic acids is 1.